The minimum Gasteiger partial charge on any atom is -0.379 e. The molecule has 11 heteroatoms. The number of hydrogen-bond donors (Lipinski definition) is 1. The number of carbonyl (C=O) groups excluding carboxylic acids is 1. The number of anilines is 1. The van der Waals surface area contributed by atoms with Crippen molar-refractivity contribution in [2.24, 2.45) is 0 Å². The van der Waals surface area contributed by atoms with E-state index < -0.39 is 32.5 Å². The van der Waals surface area contributed by atoms with E-state index in [1.54, 1.807) is 0 Å². The van der Waals surface area contributed by atoms with Gasteiger partial charge in [-0.15, -0.1) is 0 Å². The molecule has 1 amide bonds. The molecule has 9 nitrogen and oxygen atoms in total. The van der Waals surface area contributed by atoms with E-state index in [1.165, 1.54) is 28.6 Å². The Balaban J connectivity index is 1.75. The average Bonchev–Trinajstić information content (AvgIpc) is 2.79. The highest BCUT2D eigenvalue weighted by atomic mass is 32.2. The minimum atomic E-state index is -3.80. The Morgan fingerprint density at radius 2 is 1.65 bits per heavy atom. The van der Waals surface area contributed by atoms with Gasteiger partial charge in [0.15, 0.2) is 0 Å². The van der Waals surface area contributed by atoms with E-state index >= 15 is 0 Å². The van der Waals surface area contributed by atoms with Gasteiger partial charge in [0.05, 0.1) is 36.1 Å². The first-order chi connectivity index (χ1) is 15.9. The van der Waals surface area contributed by atoms with Crippen molar-refractivity contribution >= 4 is 31.6 Å². The number of sulfonamides is 2. The number of aryl methyl sites for hydroxylation is 2. The fourth-order valence-corrected chi connectivity index (χ4v) is 5.92. The molecule has 186 valence electrons. The zero-order valence-electron chi connectivity index (χ0n) is 19.8. The van der Waals surface area contributed by atoms with Gasteiger partial charge in [0, 0.05) is 13.1 Å². The quantitative estimate of drug-likeness (QED) is 0.582. The molecule has 1 aliphatic heterocycles. The normalized spacial score (nSPS) is 16.1. The van der Waals surface area contributed by atoms with Crippen molar-refractivity contribution in [1.29, 1.82) is 0 Å². The van der Waals surface area contributed by atoms with E-state index in [0.29, 0.717) is 13.2 Å². The molecule has 2 aromatic rings. The predicted octanol–water partition coefficient (Wildman–Crippen LogP) is 1.97. The third-order valence-corrected chi connectivity index (χ3v) is 8.88. The number of rotatable bonds is 8. The van der Waals surface area contributed by atoms with Crippen LogP contribution < -0.4 is 9.62 Å². The average molecular weight is 510 g/mol. The largest absolute Gasteiger partial charge is 0.379 e. The summed E-state index contributed by atoms with van der Waals surface area (Å²) in [5.41, 5.74) is 3.37. The van der Waals surface area contributed by atoms with Crippen LogP contribution in [-0.2, 0) is 29.6 Å². The zero-order valence-corrected chi connectivity index (χ0v) is 21.4. The summed E-state index contributed by atoms with van der Waals surface area (Å²) in [5, 5.41) is 2.83. The van der Waals surface area contributed by atoms with Crippen LogP contribution in [0.5, 0.6) is 0 Å². The van der Waals surface area contributed by atoms with Crippen molar-refractivity contribution in [3.05, 3.63) is 59.2 Å². The second kappa shape index (κ2) is 10.4. The fourth-order valence-electron chi connectivity index (χ4n) is 3.66. The van der Waals surface area contributed by atoms with E-state index in [2.05, 4.69) is 5.32 Å². The maximum absolute atomic E-state index is 12.8. The number of morpholine rings is 1. The van der Waals surface area contributed by atoms with Gasteiger partial charge in [0.2, 0.25) is 26.0 Å². The molecule has 0 aliphatic carbocycles. The van der Waals surface area contributed by atoms with E-state index in [0.717, 1.165) is 27.3 Å². The maximum atomic E-state index is 12.8. The van der Waals surface area contributed by atoms with Gasteiger partial charge in [-0.05, 0) is 61.7 Å². The number of benzene rings is 2. The Kier molecular flexibility index (Phi) is 8.02. The summed E-state index contributed by atoms with van der Waals surface area (Å²) in [5.74, 6) is -0.471. The molecule has 3 rings (SSSR count). The number of amides is 1. The van der Waals surface area contributed by atoms with Crippen LogP contribution in [0, 0.1) is 13.8 Å². The molecule has 0 radical (unpaired) electrons. The second-order valence-electron chi connectivity index (χ2n) is 8.41. The van der Waals surface area contributed by atoms with E-state index in [1.807, 2.05) is 39.0 Å². The molecular weight excluding hydrogens is 478 g/mol. The van der Waals surface area contributed by atoms with Crippen LogP contribution in [0.1, 0.15) is 29.7 Å². The van der Waals surface area contributed by atoms with Gasteiger partial charge in [-0.25, -0.2) is 16.8 Å². The molecule has 0 saturated carbocycles. The minimum absolute atomic E-state index is 0.0550. The Morgan fingerprint density at radius 3 is 2.21 bits per heavy atom. The van der Waals surface area contributed by atoms with E-state index in [4.69, 9.17) is 4.74 Å². The van der Waals surface area contributed by atoms with Gasteiger partial charge < -0.3 is 10.1 Å². The van der Waals surface area contributed by atoms with Gasteiger partial charge in [0.25, 0.3) is 0 Å². The molecule has 1 fully saturated rings. The molecule has 2 aromatic carbocycles. The molecule has 1 aliphatic rings. The number of nitrogens with zero attached hydrogens (tertiary/aromatic N) is 2. The van der Waals surface area contributed by atoms with Crippen molar-refractivity contribution in [2.75, 3.05) is 43.4 Å². The van der Waals surface area contributed by atoms with Crippen molar-refractivity contribution in [2.45, 2.75) is 31.7 Å². The standard InChI is InChI=1S/C23H31N3O6S2/c1-17-5-6-20(15-18(17)2)19(3)24-23(27)16-26(33(4,28)29)21-7-9-22(10-8-21)34(30,31)25-11-13-32-14-12-25/h5-10,15,19H,11-14,16H2,1-4H3,(H,24,27). The number of hydrogen-bond acceptors (Lipinski definition) is 6. The molecule has 0 bridgehead atoms. The molecule has 1 unspecified atom stereocenters. The monoisotopic (exact) mass is 509 g/mol. The summed E-state index contributed by atoms with van der Waals surface area (Å²) in [7, 11) is -7.51. The molecule has 1 atom stereocenters. The lowest BCUT2D eigenvalue weighted by Gasteiger charge is -2.26. The smallest absolute Gasteiger partial charge is 0.243 e. The van der Waals surface area contributed by atoms with Gasteiger partial charge in [-0.1, -0.05) is 18.2 Å². The van der Waals surface area contributed by atoms with Crippen LogP contribution in [0.15, 0.2) is 47.4 Å². The number of carbonyl (C=O) groups is 1. The summed E-state index contributed by atoms with van der Waals surface area (Å²) in [6.07, 6.45) is 1.01. The van der Waals surface area contributed by atoms with Crippen LogP contribution in [0.25, 0.3) is 0 Å². The summed E-state index contributed by atoms with van der Waals surface area (Å²) in [6.45, 7) is 6.58. The van der Waals surface area contributed by atoms with Gasteiger partial charge in [0.1, 0.15) is 6.54 Å². The molecular formula is C23H31N3O6S2. The first-order valence-corrected chi connectivity index (χ1v) is 14.2. The van der Waals surface area contributed by atoms with Crippen molar-refractivity contribution < 1.29 is 26.4 Å². The fraction of sp³-hybridized carbons (Fsp3) is 0.435. The highest BCUT2D eigenvalue weighted by molar-refractivity contribution is 7.92. The third kappa shape index (κ3) is 6.15. The van der Waals surface area contributed by atoms with Crippen LogP contribution >= 0.6 is 0 Å². The Morgan fingerprint density at radius 1 is 1.03 bits per heavy atom. The zero-order chi connectivity index (χ0) is 25.1. The van der Waals surface area contributed by atoms with Crippen LogP contribution in [0.2, 0.25) is 0 Å². The lowest BCUT2D eigenvalue weighted by Crippen LogP contribution is -2.41. The predicted molar refractivity (Wildman–Crippen MR) is 131 cm³/mol. The van der Waals surface area contributed by atoms with Gasteiger partial charge >= 0.3 is 0 Å². The lowest BCUT2D eigenvalue weighted by molar-refractivity contribution is -0.120. The van der Waals surface area contributed by atoms with Crippen LogP contribution in [0.4, 0.5) is 5.69 Å². The van der Waals surface area contributed by atoms with E-state index in [9.17, 15) is 21.6 Å². The summed E-state index contributed by atoms with van der Waals surface area (Å²) >= 11 is 0. The van der Waals surface area contributed by atoms with Gasteiger partial charge in [-0.2, -0.15) is 4.31 Å². The molecule has 0 aromatic heterocycles. The maximum Gasteiger partial charge on any atom is 0.243 e. The topological polar surface area (TPSA) is 113 Å². The number of ether oxygens (including phenoxy) is 1. The highest BCUT2D eigenvalue weighted by Gasteiger charge is 2.27. The van der Waals surface area contributed by atoms with Crippen molar-refractivity contribution in [3.8, 4) is 0 Å². The first kappa shape index (κ1) is 26.1. The highest BCUT2D eigenvalue weighted by Crippen LogP contribution is 2.23. The second-order valence-corrected chi connectivity index (χ2v) is 12.3. The SMILES string of the molecule is Cc1ccc(C(C)NC(=O)CN(c2ccc(S(=O)(=O)N3CCOCC3)cc2)S(C)(=O)=O)cc1C. The van der Waals surface area contributed by atoms with Crippen molar-refractivity contribution in [3.63, 3.8) is 0 Å². The number of nitrogens with one attached hydrogen (secondary N) is 1. The van der Waals surface area contributed by atoms with E-state index in [-0.39, 0.29) is 29.7 Å². The third-order valence-electron chi connectivity index (χ3n) is 5.83. The molecule has 34 heavy (non-hydrogen) atoms. The summed E-state index contributed by atoms with van der Waals surface area (Å²) < 4.78 is 58.0. The molecule has 1 N–H and O–H groups in total. The van der Waals surface area contributed by atoms with Crippen LogP contribution in [-0.4, -0.2) is 66.2 Å². The molecule has 1 heterocycles. The Hall–Kier alpha value is -2.47. The Labute approximate surface area is 201 Å². The molecule has 1 saturated heterocycles. The van der Waals surface area contributed by atoms with Gasteiger partial charge in [-0.3, -0.25) is 9.10 Å². The first-order valence-electron chi connectivity index (χ1n) is 10.9. The summed E-state index contributed by atoms with van der Waals surface area (Å²) in [4.78, 5) is 12.8. The lowest BCUT2D eigenvalue weighted by atomic mass is 10.0. The molecule has 0 spiro atoms. The van der Waals surface area contributed by atoms with Crippen LogP contribution in [0.3, 0.4) is 0 Å². The summed E-state index contributed by atoms with van der Waals surface area (Å²) in [6, 6.07) is 11.1. The Bertz CT molecular complexity index is 1240. The van der Waals surface area contributed by atoms with Crippen molar-refractivity contribution in [1.82, 2.24) is 9.62 Å².